The first kappa shape index (κ1) is 21.0. The van der Waals surface area contributed by atoms with Crippen LogP contribution < -0.4 is 5.32 Å². The Morgan fingerprint density at radius 1 is 1.17 bits per heavy atom. The molecule has 0 aliphatic heterocycles. The lowest BCUT2D eigenvalue weighted by Crippen LogP contribution is -2.24. The van der Waals surface area contributed by atoms with Gasteiger partial charge in [0.1, 0.15) is 0 Å². The normalized spacial score (nSPS) is 11.6. The van der Waals surface area contributed by atoms with Crippen molar-refractivity contribution in [1.82, 2.24) is 20.1 Å². The minimum atomic E-state index is -3.37. The smallest absolute Gasteiger partial charge is 0.251 e. The summed E-state index contributed by atoms with van der Waals surface area (Å²) >= 11 is 5.95. The Morgan fingerprint density at radius 3 is 2.45 bits per heavy atom. The van der Waals surface area contributed by atoms with E-state index in [1.807, 2.05) is 19.1 Å². The van der Waals surface area contributed by atoms with E-state index in [0.29, 0.717) is 16.4 Å². The van der Waals surface area contributed by atoms with E-state index >= 15 is 0 Å². The maximum atomic E-state index is 12.5. The second kappa shape index (κ2) is 8.34. The van der Waals surface area contributed by atoms with Crippen molar-refractivity contribution in [3.63, 3.8) is 0 Å². The van der Waals surface area contributed by atoms with Crippen LogP contribution in [0.25, 0.3) is 5.82 Å². The summed E-state index contributed by atoms with van der Waals surface area (Å²) in [4.78, 5) is 17.2. The van der Waals surface area contributed by atoms with Crippen molar-refractivity contribution < 1.29 is 13.2 Å². The van der Waals surface area contributed by atoms with Gasteiger partial charge in [-0.25, -0.2) is 18.1 Å². The predicted molar refractivity (Wildman–Crippen MR) is 111 cm³/mol. The molecule has 0 spiro atoms. The van der Waals surface area contributed by atoms with Gasteiger partial charge in [0.25, 0.3) is 5.91 Å². The molecule has 0 aliphatic rings. The molecule has 7 nitrogen and oxygen atoms in total. The third-order valence-electron chi connectivity index (χ3n) is 4.37. The van der Waals surface area contributed by atoms with E-state index in [9.17, 15) is 13.2 Å². The lowest BCUT2D eigenvalue weighted by Gasteiger charge is -2.12. The first-order valence-electron chi connectivity index (χ1n) is 8.97. The number of carbonyl (C=O) groups excluding carboxylic acids is 1. The molecule has 3 aromatic rings. The third kappa shape index (κ3) is 4.65. The van der Waals surface area contributed by atoms with Crippen LogP contribution in [0, 0.1) is 6.92 Å². The number of nitrogens with zero attached hydrogens (tertiary/aromatic N) is 3. The van der Waals surface area contributed by atoms with Crippen molar-refractivity contribution in [3.05, 3.63) is 70.6 Å². The van der Waals surface area contributed by atoms with Crippen LogP contribution in [-0.4, -0.2) is 34.3 Å². The molecule has 3 rings (SSSR count). The number of aryl methyl sites for hydroxylation is 1. The molecule has 0 aliphatic carbocycles. The zero-order chi connectivity index (χ0) is 21.2. The van der Waals surface area contributed by atoms with E-state index in [1.54, 1.807) is 24.7 Å². The van der Waals surface area contributed by atoms with E-state index in [0.717, 1.165) is 11.3 Å². The van der Waals surface area contributed by atoms with E-state index in [1.165, 1.54) is 30.5 Å². The molecule has 0 atom stereocenters. The zero-order valence-electron chi connectivity index (χ0n) is 16.3. The zero-order valence-corrected chi connectivity index (χ0v) is 17.8. The van der Waals surface area contributed by atoms with Crippen LogP contribution in [0.1, 0.15) is 35.5 Å². The Morgan fingerprint density at radius 2 is 1.86 bits per heavy atom. The van der Waals surface area contributed by atoms with Crippen molar-refractivity contribution in [2.75, 3.05) is 0 Å². The summed E-state index contributed by atoms with van der Waals surface area (Å²) in [5.41, 5.74) is 1.95. The van der Waals surface area contributed by atoms with Crippen molar-refractivity contribution in [2.45, 2.75) is 37.5 Å². The fourth-order valence-electron chi connectivity index (χ4n) is 2.67. The Hall–Kier alpha value is -2.71. The van der Waals surface area contributed by atoms with Crippen LogP contribution >= 0.6 is 11.6 Å². The summed E-state index contributed by atoms with van der Waals surface area (Å²) in [6, 6.07) is 9.63. The molecule has 2 aromatic heterocycles. The fraction of sp³-hybridized carbons (Fsp3) is 0.250. The molecular weight excluding hydrogens is 412 g/mol. The Kier molecular flexibility index (Phi) is 6.04. The number of aromatic nitrogens is 3. The number of benzene rings is 1. The highest BCUT2D eigenvalue weighted by Gasteiger charge is 2.19. The fourth-order valence-corrected chi connectivity index (χ4v) is 3.87. The lowest BCUT2D eigenvalue weighted by atomic mass is 10.2. The minimum Gasteiger partial charge on any atom is -0.348 e. The van der Waals surface area contributed by atoms with Gasteiger partial charge < -0.3 is 5.32 Å². The van der Waals surface area contributed by atoms with Gasteiger partial charge in [0.05, 0.1) is 27.6 Å². The number of carbonyl (C=O) groups is 1. The number of hydrogen-bond donors (Lipinski definition) is 1. The summed E-state index contributed by atoms with van der Waals surface area (Å²) in [5, 5.41) is 6.97. The monoisotopic (exact) mass is 432 g/mol. The minimum absolute atomic E-state index is 0.199. The van der Waals surface area contributed by atoms with Crippen molar-refractivity contribution >= 4 is 27.3 Å². The van der Waals surface area contributed by atoms with Gasteiger partial charge in [0.15, 0.2) is 15.7 Å². The van der Waals surface area contributed by atoms with Gasteiger partial charge in [0.2, 0.25) is 0 Å². The molecule has 29 heavy (non-hydrogen) atoms. The molecule has 1 N–H and O–H groups in total. The van der Waals surface area contributed by atoms with Gasteiger partial charge in [-0.15, -0.1) is 0 Å². The third-order valence-corrected chi connectivity index (χ3v) is 6.73. The molecule has 1 amide bonds. The maximum absolute atomic E-state index is 12.5. The summed E-state index contributed by atoms with van der Waals surface area (Å²) < 4.78 is 26.0. The molecule has 152 valence electrons. The van der Waals surface area contributed by atoms with E-state index < -0.39 is 15.1 Å². The second-order valence-corrected chi connectivity index (χ2v) is 9.78. The van der Waals surface area contributed by atoms with Gasteiger partial charge in [-0.3, -0.25) is 4.79 Å². The Bertz CT molecular complexity index is 1140. The van der Waals surface area contributed by atoms with E-state index in [2.05, 4.69) is 15.4 Å². The van der Waals surface area contributed by atoms with Crippen LogP contribution in [0.15, 0.2) is 53.7 Å². The number of rotatable bonds is 6. The molecular formula is C20H21ClN4O3S. The van der Waals surface area contributed by atoms with E-state index in [-0.39, 0.29) is 17.3 Å². The standard InChI is InChI=1S/C20H21ClN4O3S/c1-13(2)29(27,28)18-8-6-15(7-9-18)20(26)22-10-16-5-4-14(3)24-19(16)25-12-17(21)11-23-25/h4-9,11-13H,10H2,1-3H3,(H,22,26). The van der Waals surface area contributed by atoms with Gasteiger partial charge >= 0.3 is 0 Å². The van der Waals surface area contributed by atoms with Gasteiger partial charge in [-0.2, -0.15) is 5.10 Å². The van der Waals surface area contributed by atoms with Crippen LogP contribution in [0.2, 0.25) is 5.02 Å². The van der Waals surface area contributed by atoms with Crippen LogP contribution in [0.3, 0.4) is 0 Å². The summed E-state index contributed by atoms with van der Waals surface area (Å²) in [5.74, 6) is 0.263. The quantitative estimate of drug-likeness (QED) is 0.644. The molecule has 2 heterocycles. The van der Waals surface area contributed by atoms with Crippen molar-refractivity contribution in [1.29, 1.82) is 0 Å². The predicted octanol–water partition coefficient (Wildman–Crippen LogP) is 3.34. The van der Waals surface area contributed by atoms with Crippen molar-refractivity contribution in [2.24, 2.45) is 0 Å². The second-order valence-electron chi connectivity index (χ2n) is 6.84. The van der Waals surface area contributed by atoms with Gasteiger partial charge in [-0.05, 0) is 51.1 Å². The van der Waals surface area contributed by atoms with Gasteiger partial charge in [-0.1, -0.05) is 17.7 Å². The number of halogens is 1. The van der Waals surface area contributed by atoms with Gasteiger partial charge in [0, 0.05) is 23.4 Å². The number of sulfone groups is 1. The largest absolute Gasteiger partial charge is 0.348 e. The first-order valence-corrected chi connectivity index (χ1v) is 10.9. The van der Waals surface area contributed by atoms with Crippen LogP contribution in [-0.2, 0) is 16.4 Å². The molecule has 0 saturated heterocycles. The average molecular weight is 433 g/mol. The number of pyridine rings is 1. The van der Waals surface area contributed by atoms with Crippen LogP contribution in [0.5, 0.6) is 0 Å². The summed E-state index contributed by atoms with van der Waals surface area (Å²) in [7, 11) is -3.37. The molecule has 0 unspecified atom stereocenters. The highest BCUT2D eigenvalue weighted by atomic mass is 35.5. The number of nitrogens with one attached hydrogen (secondary N) is 1. The summed E-state index contributed by atoms with van der Waals surface area (Å²) in [6.45, 7) is 5.33. The lowest BCUT2D eigenvalue weighted by molar-refractivity contribution is 0.0951. The molecule has 9 heteroatoms. The SMILES string of the molecule is Cc1ccc(CNC(=O)c2ccc(S(=O)(=O)C(C)C)cc2)c(-n2cc(Cl)cn2)n1. The molecule has 1 aromatic carbocycles. The highest BCUT2D eigenvalue weighted by molar-refractivity contribution is 7.92. The molecule has 0 radical (unpaired) electrons. The Labute approximate surface area is 174 Å². The van der Waals surface area contributed by atoms with Crippen molar-refractivity contribution in [3.8, 4) is 5.82 Å². The first-order chi connectivity index (χ1) is 13.7. The summed E-state index contributed by atoms with van der Waals surface area (Å²) in [6.07, 6.45) is 3.16. The number of amides is 1. The number of hydrogen-bond acceptors (Lipinski definition) is 5. The molecule has 0 fully saturated rings. The topological polar surface area (TPSA) is 94.0 Å². The maximum Gasteiger partial charge on any atom is 0.251 e. The van der Waals surface area contributed by atoms with Crippen LogP contribution in [0.4, 0.5) is 0 Å². The highest BCUT2D eigenvalue weighted by Crippen LogP contribution is 2.18. The molecule has 0 saturated carbocycles. The van der Waals surface area contributed by atoms with E-state index in [4.69, 9.17) is 11.6 Å². The molecule has 0 bridgehead atoms. The Balaban J connectivity index is 1.76. The average Bonchev–Trinajstić information content (AvgIpc) is 3.13.